The summed E-state index contributed by atoms with van der Waals surface area (Å²) in [6.07, 6.45) is 0. The minimum atomic E-state index is -0.451. The molecule has 1 amide bonds. The second-order valence-electron chi connectivity index (χ2n) is 4.47. The van der Waals surface area contributed by atoms with Gasteiger partial charge in [-0.2, -0.15) is 0 Å². The van der Waals surface area contributed by atoms with Gasteiger partial charge >= 0.3 is 0 Å². The summed E-state index contributed by atoms with van der Waals surface area (Å²) in [5.41, 5.74) is 1.80. The number of ether oxygens (including phenoxy) is 1. The van der Waals surface area contributed by atoms with E-state index in [1.807, 2.05) is 11.4 Å². The third-order valence-electron chi connectivity index (χ3n) is 2.99. The van der Waals surface area contributed by atoms with Gasteiger partial charge in [-0.3, -0.25) is 4.79 Å². The van der Waals surface area contributed by atoms with Gasteiger partial charge in [0.15, 0.2) is 0 Å². The zero-order valence-electron chi connectivity index (χ0n) is 11.6. The minimum absolute atomic E-state index is 0.188. The van der Waals surface area contributed by atoms with E-state index >= 15 is 0 Å². The summed E-state index contributed by atoms with van der Waals surface area (Å²) in [6, 6.07) is 6.26. The number of benzene rings is 1. The van der Waals surface area contributed by atoms with E-state index in [2.05, 4.69) is 5.32 Å². The Balaban J connectivity index is 2.02. The van der Waals surface area contributed by atoms with E-state index in [0.717, 1.165) is 11.1 Å². The SMILES string of the molecule is COCc1ccsc1C(=O)NCc1ccc(F)c(CO)c1. The molecular formula is C15H16FNO3S. The lowest BCUT2D eigenvalue weighted by atomic mass is 10.1. The van der Waals surface area contributed by atoms with Crippen molar-refractivity contribution in [3.05, 3.63) is 57.0 Å². The molecule has 2 N–H and O–H groups in total. The summed E-state index contributed by atoms with van der Waals surface area (Å²) in [7, 11) is 1.58. The lowest BCUT2D eigenvalue weighted by Gasteiger charge is -2.07. The highest BCUT2D eigenvalue weighted by Gasteiger charge is 2.13. The largest absolute Gasteiger partial charge is 0.392 e. The number of nitrogens with one attached hydrogen (secondary N) is 1. The van der Waals surface area contributed by atoms with Gasteiger partial charge in [-0.1, -0.05) is 6.07 Å². The molecule has 0 saturated heterocycles. The molecular weight excluding hydrogens is 293 g/mol. The van der Waals surface area contributed by atoms with E-state index < -0.39 is 5.82 Å². The number of aliphatic hydroxyl groups is 1. The Morgan fingerprint density at radius 2 is 2.19 bits per heavy atom. The molecule has 1 heterocycles. The quantitative estimate of drug-likeness (QED) is 0.862. The molecule has 2 rings (SSSR count). The third kappa shape index (κ3) is 3.87. The molecule has 0 bridgehead atoms. The number of amides is 1. The number of hydrogen-bond donors (Lipinski definition) is 2. The van der Waals surface area contributed by atoms with E-state index in [9.17, 15) is 9.18 Å². The molecule has 0 aliphatic rings. The summed E-state index contributed by atoms with van der Waals surface area (Å²) >= 11 is 1.35. The van der Waals surface area contributed by atoms with Gasteiger partial charge in [0.1, 0.15) is 5.82 Å². The highest BCUT2D eigenvalue weighted by atomic mass is 32.1. The fraction of sp³-hybridized carbons (Fsp3) is 0.267. The number of carbonyl (C=O) groups is 1. The molecule has 0 aliphatic carbocycles. The van der Waals surface area contributed by atoms with Crippen LogP contribution in [0.5, 0.6) is 0 Å². The maximum absolute atomic E-state index is 13.3. The fourth-order valence-corrected chi connectivity index (χ4v) is 2.75. The van der Waals surface area contributed by atoms with Crippen LogP contribution in [-0.4, -0.2) is 18.1 Å². The summed E-state index contributed by atoms with van der Waals surface area (Å²) in [5.74, 6) is -0.639. The van der Waals surface area contributed by atoms with Crippen LogP contribution in [-0.2, 0) is 24.5 Å². The molecule has 112 valence electrons. The smallest absolute Gasteiger partial charge is 0.261 e. The summed E-state index contributed by atoms with van der Waals surface area (Å²) in [6.45, 7) is 0.296. The number of rotatable bonds is 6. The maximum atomic E-state index is 13.3. The van der Waals surface area contributed by atoms with Gasteiger partial charge in [0, 0.05) is 24.8 Å². The zero-order valence-corrected chi connectivity index (χ0v) is 12.4. The Hall–Kier alpha value is -1.76. The normalized spacial score (nSPS) is 10.6. The van der Waals surface area contributed by atoms with Crippen molar-refractivity contribution in [2.75, 3.05) is 7.11 Å². The second-order valence-corrected chi connectivity index (χ2v) is 5.39. The number of thiophene rings is 1. The Bertz CT molecular complexity index is 627. The average Bonchev–Trinajstić information content (AvgIpc) is 2.95. The van der Waals surface area contributed by atoms with Crippen molar-refractivity contribution in [2.45, 2.75) is 19.8 Å². The van der Waals surface area contributed by atoms with Crippen LogP contribution < -0.4 is 5.32 Å². The number of halogens is 1. The van der Waals surface area contributed by atoms with Crippen molar-refractivity contribution >= 4 is 17.2 Å². The monoisotopic (exact) mass is 309 g/mol. The van der Waals surface area contributed by atoms with Crippen LogP contribution in [0.15, 0.2) is 29.6 Å². The number of carbonyl (C=O) groups excluding carboxylic acids is 1. The molecule has 1 aromatic heterocycles. The molecule has 0 aliphatic heterocycles. The van der Waals surface area contributed by atoms with Gasteiger partial charge in [-0.15, -0.1) is 11.3 Å². The molecule has 0 unspecified atom stereocenters. The van der Waals surface area contributed by atoms with E-state index in [0.29, 0.717) is 11.5 Å². The minimum Gasteiger partial charge on any atom is -0.392 e. The topological polar surface area (TPSA) is 58.6 Å². The molecule has 2 aromatic rings. The number of hydrogen-bond acceptors (Lipinski definition) is 4. The van der Waals surface area contributed by atoms with E-state index in [1.54, 1.807) is 19.2 Å². The summed E-state index contributed by atoms with van der Waals surface area (Å²) < 4.78 is 18.3. The summed E-state index contributed by atoms with van der Waals surface area (Å²) in [5, 5.41) is 13.6. The van der Waals surface area contributed by atoms with Crippen LogP contribution in [0, 0.1) is 5.82 Å². The molecule has 4 nitrogen and oxygen atoms in total. The van der Waals surface area contributed by atoms with Crippen LogP contribution in [0.2, 0.25) is 0 Å². The predicted octanol–water partition coefficient (Wildman–Crippen LogP) is 2.46. The number of methoxy groups -OCH3 is 1. The van der Waals surface area contributed by atoms with Crippen LogP contribution >= 0.6 is 11.3 Å². The van der Waals surface area contributed by atoms with Crippen molar-refractivity contribution < 1.29 is 19.0 Å². The first-order valence-electron chi connectivity index (χ1n) is 6.37. The molecule has 0 saturated carbocycles. The van der Waals surface area contributed by atoms with Crippen LogP contribution in [0.25, 0.3) is 0 Å². The maximum Gasteiger partial charge on any atom is 0.261 e. The number of aliphatic hydroxyl groups excluding tert-OH is 1. The van der Waals surface area contributed by atoms with Crippen LogP contribution in [0.4, 0.5) is 4.39 Å². The van der Waals surface area contributed by atoms with Crippen LogP contribution in [0.3, 0.4) is 0 Å². The highest BCUT2D eigenvalue weighted by molar-refractivity contribution is 7.12. The van der Waals surface area contributed by atoms with Crippen molar-refractivity contribution in [1.82, 2.24) is 5.32 Å². The Labute approximate surface area is 126 Å². The molecule has 0 fully saturated rings. The van der Waals surface area contributed by atoms with E-state index in [-0.39, 0.29) is 24.6 Å². The first-order valence-corrected chi connectivity index (χ1v) is 7.25. The van der Waals surface area contributed by atoms with Crippen LogP contribution in [0.1, 0.15) is 26.4 Å². The standard InChI is InChI=1S/C15H16FNO3S/c1-20-9-11-4-5-21-14(11)15(19)17-7-10-2-3-13(16)12(6-10)8-18/h2-6,18H,7-9H2,1H3,(H,17,19). The molecule has 0 atom stereocenters. The fourth-order valence-electron chi connectivity index (χ4n) is 1.93. The van der Waals surface area contributed by atoms with Gasteiger partial charge in [0.05, 0.1) is 18.1 Å². The van der Waals surface area contributed by atoms with Gasteiger partial charge < -0.3 is 15.2 Å². The average molecular weight is 309 g/mol. The lowest BCUT2D eigenvalue weighted by molar-refractivity contribution is 0.0950. The lowest BCUT2D eigenvalue weighted by Crippen LogP contribution is -2.23. The van der Waals surface area contributed by atoms with Crippen molar-refractivity contribution in [3.63, 3.8) is 0 Å². The third-order valence-corrected chi connectivity index (χ3v) is 3.94. The van der Waals surface area contributed by atoms with Gasteiger partial charge in [-0.05, 0) is 29.1 Å². The van der Waals surface area contributed by atoms with Crippen molar-refractivity contribution in [1.29, 1.82) is 0 Å². The summed E-state index contributed by atoms with van der Waals surface area (Å²) in [4.78, 5) is 12.7. The predicted molar refractivity (Wildman–Crippen MR) is 78.5 cm³/mol. The first-order chi connectivity index (χ1) is 10.2. The van der Waals surface area contributed by atoms with Gasteiger partial charge in [0.2, 0.25) is 0 Å². The second kappa shape index (κ2) is 7.31. The molecule has 0 radical (unpaired) electrons. The molecule has 0 spiro atoms. The Morgan fingerprint density at radius 1 is 1.38 bits per heavy atom. The Morgan fingerprint density at radius 3 is 2.90 bits per heavy atom. The van der Waals surface area contributed by atoms with E-state index in [4.69, 9.17) is 9.84 Å². The van der Waals surface area contributed by atoms with Gasteiger partial charge in [-0.25, -0.2) is 4.39 Å². The zero-order chi connectivity index (χ0) is 15.2. The van der Waals surface area contributed by atoms with E-state index in [1.165, 1.54) is 17.4 Å². The van der Waals surface area contributed by atoms with Crippen molar-refractivity contribution in [3.8, 4) is 0 Å². The molecule has 6 heteroatoms. The first kappa shape index (κ1) is 15.6. The molecule has 1 aromatic carbocycles. The van der Waals surface area contributed by atoms with Gasteiger partial charge in [0.25, 0.3) is 5.91 Å². The molecule has 21 heavy (non-hydrogen) atoms. The highest BCUT2D eigenvalue weighted by Crippen LogP contribution is 2.18. The van der Waals surface area contributed by atoms with Crippen molar-refractivity contribution in [2.24, 2.45) is 0 Å². The Kier molecular flexibility index (Phi) is 5.44.